The topological polar surface area (TPSA) is 86.3 Å². The molecule has 0 bridgehead atoms. The second-order valence-corrected chi connectivity index (χ2v) is 7.19. The summed E-state index contributed by atoms with van der Waals surface area (Å²) in [5, 5.41) is 3.02. The van der Waals surface area contributed by atoms with Gasteiger partial charge in [-0.05, 0) is 55.8 Å². The maximum atomic E-state index is 12.4. The van der Waals surface area contributed by atoms with Crippen molar-refractivity contribution in [2.24, 2.45) is 0 Å². The van der Waals surface area contributed by atoms with Gasteiger partial charge in [-0.25, -0.2) is 0 Å². The smallest absolute Gasteiger partial charge is 0.260 e. The molecule has 0 aliphatic rings. The summed E-state index contributed by atoms with van der Waals surface area (Å²) in [6.07, 6.45) is 3.00. The number of ether oxygens (including phenoxy) is 4. The van der Waals surface area contributed by atoms with Crippen LogP contribution in [0.3, 0.4) is 0 Å². The molecule has 0 fully saturated rings. The predicted octanol–water partition coefficient (Wildman–Crippen LogP) is 4.26. The van der Waals surface area contributed by atoms with E-state index < -0.39 is 0 Å². The molecule has 178 valence electrons. The highest BCUT2D eigenvalue weighted by atomic mass is 35.5. The first-order valence-electron chi connectivity index (χ1n) is 10.4. The van der Waals surface area contributed by atoms with E-state index in [0.717, 1.165) is 0 Å². The van der Waals surface area contributed by atoms with Gasteiger partial charge in [-0.3, -0.25) is 9.59 Å². The van der Waals surface area contributed by atoms with E-state index >= 15 is 0 Å². The number of nitrogens with one attached hydrogen (secondary N) is 1. The number of carbonyl (C=O) groups excluding carboxylic acids is 2. The molecule has 0 aromatic heterocycles. The normalized spacial score (nSPS) is 10.6. The maximum absolute atomic E-state index is 12.4. The van der Waals surface area contributed by atoms with Crippen molar-refractivity contribution in [3.05, 3.63) is 47.0 Å². The minimum atomic E-state index is -0.356. The Morgan fingerprint density at radius 1 is 0.970 bits per heavy atom. The van der Waals surface area contributed by atoms with Crippen LogP contribution in [0.25, 0.3) is 6.08 Å². The highest BCUT2D eigenvalue weighted by molar-refractivity contribution is 6.32. The number of hydrogen-bond acceptors (Lipinski definition) is 6. The lowest BCUT2D eigenvalue weighted by Gasteiger charge is -2.19. The zero-order valence-electron chi connectivity index (χ0n) is 19.4. The van der Waals surface area contributed by atoms with Crippen LogP contribution in [0.2, 0.25) is 5.02 Å². The Labute approximate surface area is 199 Å². The highest BCUT2D eigenvalue weighted by Crippen LogP contribution is 2.38. The van der Waals surface area contributed by atoms with Gasteiger partial charge in [0.25, 0.3) is 5.91 Å². The van der Waals surface area contributed by atoms with Crippen LogP contribution in [0, 0.1) is 0 Å². The van der Waals surface area contributed by atoms with Gasteiger partial charge in [0.15, 0.2) is 18.1 Å². The van der Waals surface area contributed by atoms with Crippen LogP contribution >= 0.6 is 11.6 Å². The summed E-state index contributed by atoms with van der Waals surface area (Å²) in [5.74, 6) is 1.33. The summed E-state index contributed by atoms with van der Waals surface area (Å²) in [5.41, 5.74) is 1.18. The third-order valence-corrected chi connectivity index (χ3v) is 5.08. The quantitative estimate of drug-likeness (QED) is 0.487. The molecular formula is C24H29ClN2O6. The number of nitrogens with zero attached hydrogens (tertiary/aromatic N) is 1. The van der Waals surface area contributed by atoms with Crippen molar-refractivity contribution in [2.75, 3.05) is 46.3 Å². The van der Waals surface area contributed by atoms with Crippen LogP contribution in [0.4, 0.5) is 5.69 Å². The molecule has 0 heterocycles. The van der Waals surface area contributed by atoms with E-state index in [1.54, 1.807) is 41.3 Å². The molecule has 33 heavy (non-hydrogen) atoms. The molecule has 0 atom stereocenters. The van der Waals surface area contributed by atoms with Crippen LogP contribution in [-0.4, -0.2) is 57.7 Å². The third-order valence-electron chi connectivity index (χ3n) is 4.78. The van der Waals surface area contributed by atoms with E-state index in [2.05, 4.69) is 5.32 Å². The largest absolute Gasteiger partial charge is 0.493 e. The van der Waals surface area contributed by atoms with Gasteiger partial charge in [-0.1, -0.05) is 11.6 Å². The Morgan fingerprint density at radius 3 is 2.12 bits per heavy atom. The molecule has 9 heteroatoms. The molecule has 0 radical (unpaired) electrons. The van der Waals surface area contributed by atoms with Crippen LogP contribution in [0.1, 0.15) is 19.4 Å². The zero-order chi connectivity index (χ0) is 24.4. The van der Waals surface area contributed by atoms with E-state index in [1.165, 1.54) is 27.4 Å². The van der Waals surface area contributed by atoms with Crippen molar-refractivity contribution in [1.29, 1.82) is 0 Å². The van der Waals surface area contributed by atoms with E-state index in [-0.39, 0.29) is 23.4 Å². The number of carbonyl (C=O) groups is 2. The second-order valence-electron chi connectivity index (χ2n) is 6.78. The molecule has 1 N–H and O–H groups in total. The molecule has 0 saturated heterocycles. The fourth-order valence-electron chi connectivity index (χ4n) is 3.06. The van der Waals surface area contributed by atoms with E-state index in [4.69, 9.17) is 30.5 Å². The van der Waals surface area contributed by atoms with Crippen LogP contribution in [0.5, 0.6) is 23.0 Å². The number of likely N-dealkylation sites (N-methyl/N-ethyl adjacent to an activating group) is 1. The lowest BCUT2D eigenvalue weighted by molar-refractivity contribution is -0.133. The maximum Gasteiger partial charge on any atom is 0.260 e. The van der Waals surface area contributed by atoms with Crippen LogP contribution < -0.4 is 24.3 Å². The first-order valence-corrected chi connectivity index (χ1v) is 10.7. The van der Waals surface area contributed by atoms with Crippen LogP contribution in [0.15, 0.2) is 36.4 Å². The third kappa shape index (κ3) is 7.05. The fraction of sp³-hybridized carbons (Fsp3) is 0.333. The van der Waals surface area contributed by atoms with Gasteiger partial charge in [-0.15, -0.1) is 0 Å². The predicted molar refractivity (Wildman–Crippen MR) is 129 cm³/mol. The molecule has 2 aromatic rings. The average molecular weight is 477 g/mol. The number of amides is 2. The van der Waals surface area contributed by atoms with Gasteiger partial charge in [0.05, 0.1) is 26.4 Å². The summed E-state index contributed by atoms with van der Waals surface area (Å²) in [6, 6.07) is 8.27. The molecule has 0 spiro atoms. The summed E-state index contributed by atoms with van der Waals surface area (Å²) in [4.78, 5) is 26.1. The second kappa shape index (κ2) is 12.6. The Morgan fingerprint density at radius 2 is 1.61 bits per heavy atom. The van der Waals surface area contributed by atoms with Crippen LogP contribution in [-0.2, 0) is 9.59 Å². The standard InChI is InChI=1S/C24H29ClN2O6/c1-6-27(7-2)23(29)15-33-19-10-9-17(14-18(19)25)26-22(28)11-8-16-12-20(30-3)24(32-5)21(13-16)31-4/h8-14H,6-7,15H2,1-5H3,(H,26,28)/b11-8+. The number of hydrogen-bond donors (Lipinski definition) is 1. The van der Waals surface area contributed by atoms with Crippen molar-refractivity contribution < 1.29 is 28.5 Å². The summed E-state index contributed by atoms with van der Waals surface area (Å²) < 4.78 is 21.5. The van der Waals surface area contributed by atoms with E-state index in [0.29, 0.717) is 47.3 Å². The van der Waals surface area contributed by atoms with Gasteiger partial charge in [0, 0.05) is 24.9 Å². The Balaban J connectivity index is 2.04. The molecular weight excluding hydrogens is 448 g/mol. The first kappa shape index (κ1) is 25.9. The lowest BCUT2D eigenvalue weighted by atomic mass is 10.1. The molecule has 0 unspecified atom stereocenters. The summed E-state index contributed by atoms with van der Waals surface area (Å²) in [7, 11) is 4.57. The van der Waals surface area contributed by atoms with E-state index in [1.807, 2.05) is 13.8 Å². The Hall–Kier alpha value is -3.39. The van der Waals surface area contributed by atoms with Crippen molar-refractivity contribution in [3.63, 3.8) is 0 Å². The Kier molecular flexibility index (Phi) is 9.87. The number of halogens is 1. The monoisotopic (exact) mass is 476 g/mol. The van der Waals surface area contributed by atoms with Crippen molar-refractivity contribution in [2.45, 2.75) is 13.8 Å². The van der Waals surface area contributed by atoms with Gasteiger partial charge in [0.1, 0.15) is 5.75 Å². The fourth-order valence-corrected chi connectivity index (χ4v) is 3.29. The average Bonchev–Trinajstić information content (AvgIpc) is 2.82. The van der Waals surface area contributed by atoms with Crippen molar-refractivity contribution in [1.82, 2.24) is 4.90 Å². The number of benzene rings is 2. The van der Waals surface area contributed by atoms with Gasteiger partial charge in [0.2, 0.25) is 11.7 Å². The van der Waals surface area contributed by atoms with Gasteiger partial charge >= 0.3 is 0 Å². The van der Waals surface area contributed by atoms with Gasteiger partial charge in [-0.2, -0.15) is 0 Å². The highest BCUT2D eigenvalue weighted by Gasteiger charge is 2.13. The molecule has 2 aromatic carbocycles. The molecule has 8 nitrogen and oxygen atoms in total. The molecule has 0 aliphatic heterocycles. The summed E-state index contributed by atoms with van der Waals surface area (Å²) >= 11 is 6.25. The van der Waals surface area contributed by atoms with Gasteiger partial charge < -0.3 is 29.2 Å². The Bertz CT molecular complexity index is 979. The minimum absolute atomic E-state index is 0.107. The lowest BCUT2D eigenvalue weighted by Crippen LogP contribution is -2.34. The minimum Gasteiger partial charge on any atom is -0.493 e. The summed E-state index contributed by atoms with van der Waals surface area (Å²) in [6.45, 7) is 4.93. The van der Waals surface area contributed by atoms with E-state index in [9.17, 15) is 9.59 Å². The zero-order valence-corrected chi connectivity index (χ0v) is 20.2. The van der Waals surface area contributed by atoms with Crippen molar-refractivity contribution in [3.8, 4) is 23.0 Å². The molecule has 2 rings (SSSR count). The van der Waals surface area contributed by atoms with Crippen molar-refractivity contribution >= 4 is 35.2 Å². The number of methoxy groups -OCH3 is 3. The molecule has 2 amide bonds. The first-order chi connectivity index (χ1) is 15.9. The molecule has 0 saturated carbocycles. The number of anilines is 1. The molecule has 0 aliphatic carbocycles. The number of rotatable bonds is 11. The SMILES string of the molecule is CCN(CC)C(=O)COc1ccc(NC(=O)/C=C/c2cc(OC)c(OC)c(OC)c2)cc1Cl.